The summed E-state index contributed by atoms with van der Waals surface area (Å²) in [6.07, 6.45) is 13.4. The van der Waals surface area contributed by atoms with Gasteiger partial charge < -0.3 is 14.4 Å². The van der Waals surface area contributed by atoms with Crippen molar-refractivity contribution >= 4 is 12.4 Å². The molecule has 6 rings (SSSR count). The van der Waals surface area contributed by atoms with Gasteiger partial charge in [0, 0.05) is 19.4 Å². The summed E-state index contributed by atoms with van der Waals surface area (Å²) in [5.41, 5.74) is 0.345. The monoisotopic (exact) mass is 485 g/mol. The lowest BCUT2D eigenvalue weighted by atomic mass is 9.44. The van der Waals surface area contributed by atoms with Crippen LogP contribution >= 0.6 is 0 Å². The van der Waals surface area contributed by atoms with Crippen LogP contribution in [0.1, 0.15) is 98.8 Å². The summed E-state index contributed by atoms with van der Waals surface area (Å²) in [6, 6.07) is 0. The highest BCUT2D eigenvalue weighted by atomic mass is 16.5. The smallest absolute Gasteiger partial charge is 0.302 e. The molecule has 2 heterocycles. The Bertz CT molecular complexity index is 876. The molecule has 6 aliphatic rings. The molecular formula is C30H47NO4. The van der Waals surface area contributed by atoms with Crippen LogP contribution in [0.2, 0.25) is 0 Å². The number of esters is 1. The fourth-order valence-electron chi connectivity index (χ4n) is 11.2. The Morgan fingerprint density at radius 3 is 2.49 bits per heavy atom. The standard InChI is InChI=1S/C30H47NO4/c1-18-8-13-30(31(16-18)17-32)19(2)27-26(35-30)15-25-23-7-6-21-14-22(34-20(3)33)9-11-28(21,4)24(23)10-12-29(25,27)5/h17-19,21-27H,6-16H2,1-5H3. The number of likely N-dealkylation sites (tertiary alicyclic amines) is 1. The Kier molecular flexibility index (Phi) is 5.68. The predicted molar refractivity (Wildman–Crippen MR) is 134 cm³/mol. The molecule has 0 bridgehead atoms. The van der Waals surface area contributed by atoms with E-state index in [0.717, 1.165) is 56.4 Å². The first-order chi connectivity index (χ1) is 16.6. The number of piperidine rings is 1. The van der Waals surface area contributed by atoms with Gasteiger partial charge in [-0.1, -0.05) is 27.7 Å². The van der Waals surface area contributed by atoms with Gasteiger partial charge in [-0.2, -0.15) is 0 Å². The number of rotatable bonds is 2. The second-order valence-electron chi connectivity index (χ2n) is 14.2. The van der Waals surface area contributed by atoms with Crippen molar-refractivity contribution in [2.45, 2.75) is 117 Å². The molecule has 35 heavy (non-hydrogen) atoms. The van der Waals surface area contributed by atoms with Crippen molar-refractivity contribution < 1.29 is 19.1 Å². The minimum absolute atomic E-state index is 0.120. The molecule has 0 aromatic carbocycles. The van der Waals surface area contributed by atoms with Crippen LogP contribution < -0.4 is 0 Å². The second-order valence-corrected chi connectivity index (χ2v) is 14.2. The van der Waals surface area contributed by atoms with Gasteiger partial charge in [0.2, 0.25) is 6.41 Å². The van der Waals surface area contributed by atoms with Crippen molar-refractivity contribution in [3.05, 3.63) is 0 Å². The molecule has 2 aliphatic heterocycles. The average Bonchev–Trinajstić information content (AvgIpc) is 3.26. The molecule has 5 nitrogen and oxygen atoms in total. The van der Waals surface area contributed by atoms with Gasteiger partial charge in [0.1, 0.15) is 11.8 Å². The van der Waals surface area contributed by atoms with Crippen molar-refractivity contribution in [1.82, 2.24) is 4.90 Å². The van der Waals surface area contributed by atoms with Gasteiger partial charge in [0.25, 0.3) is 0 Å². The van der Waals surface area contributed by atoms with Crippen molar-refractivity contribution in [2.24, 2.45) is 52.3 Å². The number of hydrogen-bond acceptors (Lipinski definition) is 4. The molecule has 1 amide bonds. The van der Waals surface area contributed by atoms with Crippen LogP contribution in [0.4, 0.5) is 0 Å². The summed E-state index contributed by atoms with van der Waals surface area (Å²) in [4.78, 5) is 25.8. The third-order valence-corrected chi connectivity index (χ3v) is 12.8. The molecule has 196 valence electrons. The molecule has 12 atom stereocenters. The zero-order valence-corrected chi connectivity index (χ0v) is 22.6. The summed E-state index contributed by atoms with van der Waals surface area (Å²) in [5, 5.41) is 0. The van der Waals surface area contributed by atoms with Crippen LogP contribution in [0.3, 0.4) is 0 Å². The van der Waals surface area contributed by atoms with Gasteiger partial charge in [0.15, 0.2) is 0 Å². The van der Waals surface area contributed by atoms with E-state index in [4.69, 9.17) is 9.47 Å². The first-order valence-electron chi connectivity index (χ1n) is 14.7. The van der Waals surface area contributed by atoms with Crippen LogP contribution in [0.15, 0.2) is 0 Å². The fraction of sp³-hybridized carbons (Fsp3) is 0.933. The number of nitrogens with zero attached hydrogens (tertiary/aromatic N) is 1. The number of amides is 1. The minimum Gasteiger partial charge on any atom is -0.463 e. The Labute approximate surface area is 212 Å². The normalized spacial score (nSPS) is 55.0. The number of hydrogen-bond donors (Lipinski definition) is 0. The van der Waals surface area contributed by atoms with Gasteiger partial charge >= 0.3 is 5.97 Å². The van der Waals surface area contributed by atoms with Crippen molar-refractivity contribution in [2.75, 3.05) is 6.54 Å². The zero-order chi connectivity index (χ0) is 24.8. The van der Waals surface area contributed by atoms with E-state index in [2.05, 4.69) is 27.7 Å². The SMILES string of the molecule is CC(=O)OC1CCC2(C)C(CCC3C2CCC2(C)C3CC3OC4(CCC(C)CN4C=O)C(C)C32)C1. The highest BCUT2D eigenvalue weighted by Gasteiger charge is 2.69. The minimum atomic E-state index is -0.368. The Hall–Kier alpha value is -1.10. The van der Waals surface area contributed by atoms with Crippen molar-refractivity contribution in [1.29, 1.82) is 0 Å². The summed E-state index contributed by atoms with van der Waals surface area (Å²) in [7, 11) is 0. The van der Waals surface area contributed by atoms with Gasteiger partial charge in [-0.25, -0.2) is 0 Å². The molecule has 0 aromatic rings. The highest BCUT2D eigenvalue weighted by Crippen LogP contribution is 2.71. The number of carbonyl (C=O) groups is 2. The average molecular weight is 486 g/mol. The van der Waals surface area contributed by atoms with E-state index < -0.39 is 0 Å². The summed E-state index contributed by atoms with van der Waals surface area (Å²) >= 11 is 0. The van der Waals surface area contributed by atoms with E-state index in [0.29, 0.717) is 40.6 Å². The van der Waals surface area contributed by atoms with Gasteiger partial charge in [-0.15, -0.1) is 0 Å². The Morgan fingerprint density at radius 2 is 1.74 bits per heavy atom. The highest BCUT2D eigenvalue weighted by molar-refractivity contribution is 5.66. The summed E-state index contributed by atoms with van der Waals surface area (Å²) in [6.45, 7) is 12.2. The first-order valence-corrected chi connectivity index (χ1v) is 14.7. The molecule has 12 unspecified atom stereocenters. The van der Waals surface area contributed by atoms with E-state index in [-0.39, 0.29) is 17.8 Å². The molecule has 0 aromatic heterocycles. The van der Waals surface area contributed by atoms with E-state index in [1.807, 2.05) is 4.90 Å². The van der Waals surface area contributed by atoms with E-state index in [1.54, 1.807) is 6.92 Å². The number of ether oxygens (including phenoxy) is 2. The summed E-state index contributed by atoms with van der Waals surface area (Å²) < 4.78 is 12.7. The van der Waals surface area contributed by atoms with Gasteiger partial charge in [-0.05, 0) is 111 Å². The van der Waals surface area contributed by atoms with Crippen LogP contribution in [-0.4, -0.2) is 41.8 Å². The van der Waals surface area contributed by atoms with E-state index >= 15 is 0 Å². The topological polar surface area (TPSA) is 55.8 Å². The predicted octanol–water partition coefficient (Wildman–Crippen LogP) is 5.81. The molecule has 6 fully saturated rings. The molecule has 2 saturated heterocycles. The van der Waals surface area contributed by atoms with Gasteiger partial charge in [-0.3, -0.25) is 9.59 Å². The maximum absolute atomic E-state index is 12.2. The number of carbonyl (C=O) groups excluding carboxylic acids is 2. The Balaban J connectivity index is 1.23. The molecule has 5 heteroatoms. The molecule has 0 N–H and O–H groups in total. The fourth-order valence-corrected chi connectivity index (χ4v) is 11.2. The lowest BCUT2D eigenvalue weighted by molar-refractivity contribution is -0.194. The lowest BCUT2D eigenvalue weighted by Gasteiger charge is -2.61. The van der Waals surface area contributed by atoms with Gasteiger partial charge in [0.05, 0.1) is 6.10 Å². The third-order valence-electron chi connectivity index (χ3n) is 12.8. The quantitative estimate of drug-likeness (QED) is 0.366. The molecule has 1 spiro atoms. The van der Waals surface area contributed by atoms with Crippen LogP contribution in [0.5, 0.6) is 0 Å². The largest absolute Gasteiger partial charge is 0.463 e. The molecular weight excluding hydrogens is 438 g/mol. The second kappa shape index (κ2) is 8.20. The van der Waals surface area contributed by atoms with Crippen molar-refractivity contribution in [3.63, 3.8) is 0 Å². The molecule has 4 saturated carbocycles. The first kappa shape index (κ1) is 24.2. The maximum Gasteiger partial charge on any atom is 0.302 e. The zero-order valence-electron chi connectivity index (χ0n) is 22.6. The molecule has 4 aliphatic carbocycles. The maximum atomic E-state index is 12.2. The van der Waals surface area contributed by atoms with Crippen LogP contribution in [-0.2, 0) is 19.1 Å². The Morgan fingerprint density at radius 1 is 0.971 bits per heavy atom. The number of fused-ring (bicyclic) bond motifs is 7. The van der Waals surface area contributed by atoms with E-state index in [9.17, 15) is 9.59 Å². The van der Waals surface area contributed by atoms with Crippen molar-refractivity contribution in [3.8, 4) is 0 Å². The van der Waals surface area contributed by atoms with E-state index in [1.165, 1.54) is 38.5 Å². The summed E-state index contributed by atoms with van der Waals surface area (Å²) in [5.74, 6) is 4.44. The van der Waals surface area contributed by atoms with Crippen LogP contribution in [0, 0.1) is 52.3 Å². The molecule has 0 radical (unpaired) electrons. The van der Waals surface area contributed by atoms with Crippen LogP contribution in [0.25, 0.3) is 0 Å². The lowest BCUT2D eigenvalue weighted by Crippen LogP contribution is -2.59. The third kappa shape index (κ3) is 3.35.